The summed E-state index contributed by atoms with van der Waals surface area (Å²) in [7, 11) is 0. The third-order valence-corrected chi connectivity index (χ3v) is 4.69. The normalized spacial score (nSPS) is 22.2. The van der Waals surface area contributed by atoms with E-state index in [9.17, 15) is 15.0 Å². The predicted octanol–water partition coefficient (Wildman–Crippen LogP) is 1.38. The first-order chi connectivity index (χ1) is 13.1. The molecule has 1 fully saturated rings. The number of hydrogen-bond acceptors (Lipinski definition) is 7. The Hall–Kier alpha value is -2.66. The van der Waals surface area contributed by atoms with Gasteiger partial charge in [-0.2, -0.15) is 4.98 Å². The second-order valence-corrected chi connectivity index (χ2v) is 6.58. The van der Waals surface area contributed by atoms with Crippen molar-refractivity contribution < 1.29 is 19.7 Å². The van der Waals surface area contributed by atoms with E-state index >= 15 is 0 Å². The molecule has 0 aliphatic carbocycles. The molecule has 1 aliphatic rings. The standard InChI is InChI=1S/C17H17N5O4S/c23-7-11-10(24)6-12(26-11)22-8-18-13-14(22)19-17(21-16(13)27)20-15(25)9-4-2-1-3-5-9/h1-5,8,10-12,23-24H,6-7H2,(H2,19,20,21,25,27)/t10-,11+,12+/m0/s1. The fourth-order valence-corrected chi connectivity index (χ4v) is 3.26. The van der Waals surface area contributed by atoms with E-state index in [4.69, 9.17) is 17.0 Å². The number of imidazole rings is 1. The van der Waals surface area contributed by atoms with E-state index in [1.807, 2.05) is 6.07 Å². The van der Waals surface area contributed by atoms with E-state index < -0.39 is 18.4 Å². The Balaban J connectivity index is 1.66. The molecule has 9 nitrogen and oxygen atoms in total. The van der Waals surface area contributed by atoms with Crippen molar-refractivity contribution in [1.29, 1.82) is 0 Å². The van der Waals surface area contributed by atoms with Crippen LogP contribution in [-0.2, 0) is 4.74 Å². The number of ether oxygens (including phenoxy) is 1. The summed E-state index contributed by atoms with van der Waals surface area (Å²) in [5.74, 6) is -0.146. The molecule has 1 aromatic carbocycles. The van der Waals surface area contributed by atoms with Crippen molar-refractivity contribution in [1.82, 2.24) is 19.5 Å². The third-order valence-electron chi connectivity index (χ3n) is 4.39. The molecule has 140 valence electrons. The lowest BCUT2D eigenvalue weighted by atomic mass is 10.2. The minimum absolute atomic E-state index is 0.181. The van der Waals surface area contributed by atoms with Crippen molar-refractivity contribution in [3.63, 3.8) is 0 Å². The lowest BCUT2D eigenvalue weighted by Crippen LogP contribution is -2.24. The lowest BCUT2D eigenvalue weighted by Gasteiger charge is -2.14. The Morgan fingerprint density at radius 3 is 2.89 bits per heavy atom. The van der Waals surface area contributed by atoms with Crippen molar-refractivity contribution in [2.24, 2.45) is 0 Å². The maximum atomic E-state index is 12.4. The van der Waals surface area contributed by atoms with Crippen LogP contribution in [0.4, 0.5) is 5.95 Å². The highest BCUT2D eigenvalue weighted by Gasteiger charge is 2.35. The van der Waals surface area contributed by atoms with E-state index in [0.29, 0.717) is 21.4 Å². The molecule has 0 saturated carbocycles. The highest BCUT2D eigenvalue weighted by atomic mass is 32.1. The molecule has 4 N–H and O–H groups in total. The number of hydrogen-bond donors (Lipinski definition) is 4. The number of carbonyl (C=O) groups is 1. The molecule has 3 heterocycles. The minimum Gasteiger partial charge on any atom is -0.394 e. The number of nitrogens with one attached hydrogen (secondary N) is 2. The highest BCUT2D eigenvalue weighted by molar-refractivity contribution is 7.71. The number of aliphatic hydroxyl groups excluding tert-OH is 2. The highest BCUT2D eigenvalue weighted by Crippen LogP contribution is 2.30. The van der Waals surface area contributed by atoms with Crippen LogP contribution in [0.15, 0.2) is 36.7 Å². The maximum Gasteiger partial charge on any atom is 0.257 e. The molecular formula is C17H17N5O4S. The smallest absolute Gasteiger partial charge is 0.257 e. The van der Waals surface area contributed by atoms with Crippen LogP contribution in [0.2, 0.25) is 0 Å². The van der Waals surface area contributed by atoms with Crippen molar-refractivity contribution in [2.75, 3.05) is 11.9 Å². The number of fused-ring (bicyclic) bond motifs is 1. The van der Waals surface area contributed by atoms with Gasteiger partial charge in [-0.1, -0.05) is 30.4 Å². The molecule has 0 bridgehead atoms. The zero-order valence-electron chi connectivity index (χ0n) is 14.1. The van der Waals surface area contributed by atoms with Gasteiger partial charge in [0.15, 0.2) is 5.65 Å². The largest absolute Gasteiger partial charge is 0.394 e. The second-order valence-electron chi connectivity index (χ2n) is 6.17. The number of nitrogens with zero attached hydrogens (tertiary/aromatic N) is 3. The average molecular weight is 387 g/mol. The van der Waals surface area contributed by atoms with Gasteiger partial charge in [0.25, 0.3) is 5.91 Å². The van der Waals surface area contributed by atoms with Crippen LogP contribution in [0.1, 0.15) is 23.0 Å². The van der Waals surface area contributed by atoms with Gasteiger partial charge in [0.1, 0.15) is 22.5 Å². The quantitative estimate of drug-likeness (QED) is 0.498. The van der Waals surface area contributed by atoms with Gasteiger partial charge in [0.05, 0.1) is 19.0 Å². The molecule has 1 aliphatic heterocycles. The predicted molar refractivity (Wildman–Crippen MR) is 98.7 cm³/mol. The molecule has 10 heteroatoms. The molecule has 3 aromatic rings. The Morgan fingerprint density at radius 1 is 1.41 bits per heavy atom. The fraction of sp³-hybridized carbons (Fsp3) is 0.294. The number of amides is 1. The first kappa shape index (κ1) is 17.7. The summed E-state index contributed by atoms with van der Waals surface area (Å²) in [6.07, 6.45) is -0.184. The summed E-state index contributed by atoms with van der Waals surface area (Å²) in [6, 6.07) is 8.74. The third kappa shape index (κ3) is 3.35. The maximum absolute atomic E-state index is 12.4. The molecule has 4 rings (SSSR count). The number of aromatic nitrogens is 4. The molecule has 0 spiro atoms. The first-order valence-electron chi connectivity index (χ1n) is 8.34. The summed E-state index contributed by atoms with van der Waals surface area (Å²) in [5.41, 5.74) is 1.35. The van der Waals surface area contributed by atoms with Crippen molar-refractivity contribution in [3.05, 3.63) is 46.9 Å². The number of aromatic amines is 1. The van der Waals surface area contributed by atoms with Crippen molar-refractivity contribution in [2.45, 2.75) is 24.9 Å². The number of benzene rings is 1. The molecule has 0 radical (unpaired) electrons. The minimum atomic E-state index is -0.784. The molecular weight excluding hydrogens is 370 g/mol. The van der Waals surface area contributed by atoms with E-state index in [1.54, 1.807) is 28.8 Å². The Morgan fingerprint density at radius 2 is 2.19 bits per heavy atom. The van der Waals surface area contributed by atoms with Crippen molar-refractivity contribution in [3.8, 4) is 0 Å². The van der Waals surface area contributed by atoms with Crippen LogP contribution in [0.25, 0.3) is 11.2 Å². The number of H-pyrrole nitrogens is 1. The van der Waals surface area contributed by atoms with E-state index in [-0.39, 0.29) is 24.9 Å². The second kappa shape index (κ2) is 7.16. The van der Waals surface area contributed by atoms with E-state index in [2.05, 4.69) is 20.3 Å². The SMILES string of the molecule is O=C(Nc1nc2c(ncn2[C@H]2C[C@H](O)[C@@H](CO)O2)c(=S)[nH]1)c1ccccc1. The van der Waals surface area contributed by atoms with E-state index in [0.717, 1.165) is 0 Å². The molecule has 3 atom stereocenters. The van der Waals surface area contributed by atoms with Crippen molar-refractivity contribution >= 4 is 35.2 Å². The van der Waals surface area contributed by atoms with Gasteiger partial charge in [-0.3, -0.25) is 14.7 Å². The monoisotopic (exact) mass is 387 g/mol. The van der Waals surface area contributed by atoms with Crippen LogP contribution in [0.5, 0.6) is 0 Å². The molecule has 0 unspecified atom stereocenters. The molecule has 2 aromatic heterocycles. The summed E-state index contributed by atoms with van der Waals surface area (Å²) in [5, 5.41) is 21.9. The van der Waals surface area contributed by atoms with Crippen LogP contribution in [0.3, 0.4) is 0 Å². The van der Waals surface area contributed by atoms with Crippen LogP contribution in [-0.4, -0.2) is 54.5 Å². The van der Waals surface area contributed by atoms with Gasteiger partial charge in [-0.25, -0.2) is 4.98 Å². The van der Waals surface area contributed by atoms with Gasteiger partial charge in [-0.15, -0.1) is 0 Å². The van der Waals surface area contributed by atoms with Gasteiger partial charge < -0.3 is 19.9 Å². The molecule has 27 heavy (non-hydrogen) atoms. The molecule has 1 saturated heterocycles. The average Bonchev–Trinajstić information content (AvgIpc) is 3.25. The Labute approximate surface area is 158 Å². The van der Waals surface area contributed by atoms with Gasteiger partial charge in [-0.05, 0) is 12.1 Å². The van der Waals surface area contributed by atoms with Gasteiger partial charge >= 0.3 is 0 Å². The number of aliphatic hydroxyl groups is 2. The van der Waals surface area contributed by atoms with Crippen LogP contribution in [0, 0.1) is 4.64 Å². The molecule has 1 amide bonds. The zero-order valence-corrected chi connectivity index (χ0v) is 14.9. The summed E-state index contributed by atoms with van der Waals surface area (Å²) in [4.78, 5) is 23.9. The number of carbonyl (C=O) groups excluding carboxylic acids is 1. The Kier molecular flexibility index (Phi) is 4.70. The van der Waals surface area contributed by atoms with Gasteiger partial charge in [0.2, 0.25) is 5.95 Å². The van der Waals surface area contributed by atoms with Crippen LogP contribution < -0.4 is 5.32 Å². The summed E-state index contributed by atoms with van der Waals surface area (Å²) in [6.45, 7) is -0.282. The number of anilines is 1. The number of rotatable bonds is 4. The first-order valence-corrected chi connectivity index (χ1v) is 8.75. The topological polar surface area (TPSA) is 125 Å². The summed E-state index contributed by atoms with van der Waals surface area (Å²) < 4.78 is 7.61. The van der Waals surface area contributed by atoms with Crippen LogP contribution >= 0.6 is 12.2 Å². The summed E-state index contributed by atoms with van der Waals surface area (Å²) >= 11 is 5.32. The van der Waals surface area contributed by atoms with Gasteiger partial charge in [0, 0.05) is 12.0 Å². The lowest BCUT2D eigenvalue weighted by molar-refractivity contribution is -0.0432. The zero-order chi connectivity index (χ0) is 19.0. The Bertz CT molecular complexity index is 1030. The van der Waals surface area contributed by atoms with E-state index in [1.165, 1.54) is 6.33 Å². The fourth-order valence-electron chi connectivity index (χ4n) is 3.02.